The molecule has 5 rings (SSSR count). The lowest BCUT2D eigenvalue weighted by Crippen LogP contribution is -2.39. The molecule has 0 spiro atoms. The summed E-state index contributed by atoms with van der Waals surface area (Å²) in [6, 6.07) is 17.1. The van der Waals surface area contributed by atoms with Gasteiger partial charge in [0, 0.05) is 24.3 Å². The Morgan fingerprint density at radius 2 is 2.00 bits per heavy atom. The van der Waals surface area contributed by atoms with Gasteiger partial charge in [-0.15, -0.1) is 5.10 Å². The molecule has 1 aliphatic heterocycles. The quantitative estimate of drug-likeness (QED) is 0.565. The van der Waals surface area contributed by atoms with Crippen molar-refractivity contribution in [2.24, 2.45) is 5.92 Å². The molecular weight excluding hydrogens is 380 g/mol. The number of tetrazole rings is 1. The van der Waals surface area contributed by atoms with Gasteiger partial charge in [-0.3, -0.25) is 4.79 Å². The molecule has 9 nitrogen and oxygen atoms in total. The largest absolute Gasteiger partial charge is 0.337 e. The first kappa shape index (κ1) is 18.0. The fourth-order valence-electron chi connectivity index (χ4n) is 3.77. The molecule has 0 bridgehead atoms. The summed E-state index contributed by atoms with van der Waals surface area (Å²) in [4.78, 5) is 19.2. The molecule has 1 amide bonds. The van der Waals surface area contributed by atoms with Crippen molar-refractivity contribution in [1.29, 1.82) is 5.26 Å². The first-order chi connectivity index (χ1) is 14.7. The Bertz CT molecular complexity index is 1270. The van der Waals surface area contributed by atoms with Crippen LogP contribution in [0.3, 0.4) is 0 Å². The molecule has 2 aromatic heterocycles. The van der Waals surface area contributed by atoms with Crippen LogP contribution in [0.5, 0.6) is 0 Å². The molecule has 1 saturated heterocycles. The highest BCUT2D eigenvalue weighted by Crippen LogP contribution is 2.23. The maximum absolute atomic E-state index is 12.8. The lowest BCUT2D eigenvalue weighted by atomic mass is 9.99. The predicted molar refractivity (Wildman–Crippen MR) is 110 cm³/mol. The van der Waals surface area contributed by atoms with E-state index in [-0.39, 0.29) is 11.8 Å². The van der Waals surface area contributed by atoms with E-state index in [0.29, 0.717) is 30.1 Å². The van der Waals surface area contributed by atoms with Crippen molar-refractivity contribution in [3.05, 3.63) is 54.1 Å². The zero-order valence-corrected chi connectivity index (χ0v) is 16.1. The number of nitrogens with zero attached hydrogens (tertiary/aromatic N) is 7. The van der Waals surface area contributed by atoms with Gasteiger partial charge in [0.15, 0.2) is 5.82 Å². The van der Waals surface area contributed by atoms with Gasteiger partial charge in [-0.25, -0.2) is 4.98 Å². The standard InChI is InChI=1S/C21H18N8O/c22-12-14-4-3-11-28(13-14)21(30)15-7-9-16(10-8-15)23-19-20-25-26-27-29(20)18-6-2-1-5-17(18)24-19/h1-2,5-10,14H,3-4,11,13H2,(H,23,24). The molecule has 0 radical (unpaired) electrons. The highest BCUT2D eigenvalue weighted by molar-refractivity contribution is 5.95. The normalized spacial score (nSPS) is 16.5. The van der Waals surface area contributed by atoms with E-state index in [2.05, 4.69) is 31.9 Å². The number of hydrogen-bond acceptors (Lipinski definition) is 7. The van der Waals surface area contributed by atoms with Crippen LogP contribution in [-0.4, -0.2) is 48.9 Å². The SMILES string of the molecule is N#CC1CCCN(C(=O)c2ccc(Nc3nc4ccccc4n4nnnc34)cc2)C1. The van der Waals surface area contributed by atoms with Crippen LogP contribution in [0.25, 0.3) is 16.7 Å². The number of anilines is 2. The predicted octanol–water partition coefficient (Wildman–Crippen LogP) is 2.79. The Labute approximate surface area is 171 Å². The van der Waals surface area contributed by atoms with Crippen molar-refractivity contribution in [1.82, 2.24) is 29.9 Å². The van der Waals surface area contributed by atoms with E-state index < -0.39 is 0 Å². The highest BCUT2D eigenvalue weighted by Gasteiger charge is 2.24. The van der Waals surface area contributed by atoms with Gasteiger partial charge in [0.1, 0.15) is 0 Å². The van der Waals surface area contributed by atoms with Gasteiger partial charge in [-0.2, -0.15) is 9.78 Å². The molecule has 4 aromatic rings. The maximum atomic E-state index is 12.8. The third kappa shape index (κ3) is 3.18. The van der Waals surface area contributed by atoms with E-state index in [9.17, 15) is 4.79 Å². The number of piperidine rings is 1. The number of likely N-dealkylation sites (tertiary alicyclic amines) is 1. The summed E-state index contributed by atoms with van der Waals surface area (Å²) in [5.74, 6) is 0.404. The molecule has 0 aliphatic carbocycles. The lowest BCUT2D eigenvalue weighted by molar-refractivity contribution is 0.0699. The summed E-state index contributed by atoms with van der Waals surface area (Å²) in [6.07, 6.45) is 1.72. The number of carbonyl (C=O) groups is 1. The second kappa shape index (κ2) is 7.40. The van der Waals surface area contributed by atoms with E-state index in [0.717, 1.165) is 29.6 Å². The molecule has 30 heavy (non-hydrogen) atoms. The summed E-state index contributed by atoms with van der Waals surface area (Å²) in [7, 11) is 0. The summed E-state index contributed by atoms with van der Waals surface area (Å²) in [6.45, 7) is 1.18. The number of hydrogen-bond donors (Lipinski definition) is 1. The smallest absolute Gasteiger partial charge is 0.253 e. The molecular formula is C21H18N8O. The maximum Gasteiger partial charge on any atom is 0.253 e. The van der Waals surface area contributed by atoms with Crippen LogP contribution in [0, 0.1) is 17.2 Å². The average Bonchev–Trinajstić information content (AvgIpc) is 3.30. The topological polar surface area (TPSA) is 112 Å². The van der Waals surface area contributed by atoms with Crippen molar-refractivity contribution in [2.75, 3.05) is 18.4 Å². The van der Waals surface area contributed by atoms with Crippen LogP contribution in [0.1, 0.15) is 23.2 Å². The molecule has 1 aliphatic rings. The molecule has 1 fully saturated rings. The Morgan fingerprint density at radius 1 is 1.17 bits per heavy atom. The van der Waals surface area contributed by atoms with Gasteiger partial charge in [-0.1, -0.05) is 12.1 Å². The first-order valence-electron chi connectivity index (χ1n) is 9.76. The van der Waals surface area contributed by atoms with Gasteiger partial charge < -0.3 is 10.2 Å². The van der Waals surface area contributed by atoms with Crippen molar-refractivity contribution >= 4 is 34.1 Å². The van der Waals surface area contributed by atoms with Crippen LogP contribution >= 0.6 is 0 Å². The third-order valence-electron chi connectivity index (χ3n) is 5.31. The molecule has 1 atom stereocenters. The number of rotatable bonds is 3. The molecule has 1 unspecified atom stereocenters. The minimum absolute atomic E-state index is 0.0469. The number of amides is 1. The van der Waals surface area contributed by atoms with Gasteiger partial charge in [-0.05, 0) is 59.7 Å². The minimum atomic E-state index is -0.0817. The summed E-state index contributed by atoms with van der Waals surface area (Å²) in [5, 5.41) is 24.3. The summed E-state index contributed by atoms with van der Waals surface area (Å²) >= 11 is 0. The summed E-state index contributed by atoms with van der Waals surface area (Å²) in [5.41, 5.74) is 3.47. The van der Waals surface area contributed by atoms with E-state index >= 15 is 0 Å². The number of para-hydroxylation sites is 2. The second-order valence-corrected chi connectivity index (χ2v) is 7.29. The molecule has 1 N–H and O–H groups in total. The van der Waals surface area contributed by atoms with Crippen molar-refractivity contribution in [3.8, 4) is 6.07 Å². The Balaban J connectivity index is 1.39. The number of nitriles is 1. The van der Waals surface area contributed by atoms with E-state index in [1.807, 2.05) is 36.4 Å². The number of fused-ring (bicyclic) bond motifs is 3. The second-order valence-electron chi connectivity index (χ2n) is 7.29. The molecule has 3 heterocycles. The van der Waals surface area contributed by atoms with E-state index in [4.69, 9.17) is 5.26 Å². The minimum Gasteiger partial charge on any atom is -0.337 e. The zero-order chi connectivity index (χ0) is 20.5. The van der Waals surface area contributed by atoms with Crippen molar-refractivity contribution < 1.29 is 4.79 Å². The fraction of sp³-hybridized carbons (Fsp3) is 0.238. The van der Waals surface area contributed by atoms with Gasteiger partial charge in [0.25, 0.3) is 5.91 Å². The average molecular weight is 398 g/mol. The fourth-order valence-corrected chi connectivity index (χ4v) is 3.77. The monoisotopic (exact) mass is 398 g/mol. The number of carbonyl (C=O) groups excluding carboxylic acids is 1. The van der Waals surface area contributed by atoms with Gasteiger partial charge >= 0.3 is 0 Å². The van der Waals surface area contributed by atoms with E-state index in [1.54, 1.807) is 21.5 Å². The molecule has 2 aromatic carbocycles. The zero-order valence-electron chi connectivity index (χ0n) is 16.1. The number of nitrogens with one attached hydrogen (secondary N) is 1. The van der Waals surface area contributed by atoms with Crippen LogP contribution in [-0.2, 0) is 0 Å². The summed E-state index contributed by atoms with van der Waals surface area (Å²) < 4.78 is 1.64. The number of aromatic nitrogens is 5. The van der Waals surface area contributed by atoms with Crippen LogP contribution in [0.2, 0.25) is 0 Å². The van der Waals surface area contributed by atoms with Gasteiger partial charge in [0.05, 0.1) is 23.0 Å². The molecule has 0 saturated carbocycles. The van der Waals surface area contributed by atoms with Crippen molar-refractivity contribution in [2.45, 2.75) is 12.8 Å². The van der Waals surface area contributed by atoms with Crippen LogP contribution < -0.4 is 5.32 Å². The Kier molecular flexibility index (Phi) is 4.44. The highest BCUT2D eigenvalue weighted by atomic mass is 16.2. The van der Waals surface area contributed by atoms with Crippen LogP contribution in [0.15, 0.2) is 48.5 Å². The van der Waals surface area contributed by atoms with Gasteiger partial charge in [0.2, 0.25) is 5.65 Å². The van der Waals surface area contributed by atoms with Crippen molar-refractivity contribution in [3.63, 3.8) is 0 Å². The third-order valence-corrected chi connectivity index (χ3v) is 5.31. The Morgan fingerprint density at radius 3 is 2.83 bits per heavy atom. The molecule has 9 heteroatoms. The van der Waals surface area contributed by atoms with Crippen LogP contribution in [0.4, 0.5) is 11.5 Å². The first-order valence-corrected chi connectivity index (χ1v) is 9.76. The molecule has 148 valence electrons. The van der Waals surface area contributed by atoms with E-state index in [1.165, 1.54) is 0 Å². The lowest BCUT2D eigenvalue weighted by Gasteiger charge is -2.29. The Hall–Kier alpha value is -4.06. The number of benzene rings is 2.